The number of nitrogens with one attached hydrogen (secondary N) is 2. The van der Waals surface area contributed by atoms with E-state index in [4.69, 9.17) is 0 Å². The van der Waals surface area contributed by atoms with Gasteiger partial charge in [-0.05, 0) is 37.8 Å². The van der Waals surface area contributed by atoms with Crippen molar-refractivity contribution >= 4 is 29.3 Å². The second kappa shape index (κ2) is 9.05. The molecule has 8 heteroatoms. The number of nitrogens with zero attached hydrogens (tertiary/aromatic N) is 2. The van der Waals surface area contributed by atoms with Crippen LogP contribution in [0.25, 0.3) is 0 Å². The maximum atomic E-state index is 12.6. The van der Waals surface area contributed by atoms with Crippen molar-refractivity contribution in [1.82, 2.24) is 14.9 Å². The zero-order chi connectivity index (χ0) is 19.2. The number of carbonyl (C=O) groups is 2. The van der Waals surface area contributed by atoms with E-state index in [9.17, 15) is 14.7 Å². The molecule has 0 saturated heterocycles. The van der Waals surface area contributed by atoms with Crippen molar-refractivity contribution in [1.29, 1.82) is 0 Å². The van der Waals surface area contributed by atoms with Gasteiger partial charge in [0.25, 0.3) is 5.91 Å². The number of aryl methyl sites for hydroxylation is 1. The third-order valence-electron chi connectivity index (χ3n) is 4.59. The van der Waals surface area contributed by atoms with Crippen LogP contribution >= 0.6 is 11.8 Å². The van der Waals surface area contributed by atoms with Gasteiger partial charge in [0.05, 0.1) is 23.1 Å². The van der Waals surface area contributed by atoms with Crippen LogP contribution in [-0.4, -0.2) is 44.4 Å². The fraction of sp³-hybridized carbons (Fsp3) is 0.421. The minimum absolute atomic E-state index is 0.0589. The number of aliphatic hydroxyl groups excluding tert-OH is 1. The summed E-state index contributed by atoms with van der Waals surface area (Å²) >= 11 is 1.34. The first-order valence-corrected chi connectivity index (χ1v) is 9.99. The lowest BCUT2D eigenvalue weighted by Crippen LogP contribution is -2.38. The Labute approximate surface area is 162 Å². The van der Waals surface area contributed by atoms with E-state index in [0.717, 1.165) is 18.0 Å². The molecule has 1 heterocycles. The summed E-state index contributed by atoms with van der Waals surface area (Å²) in [6.07, 6.45) is 6.18. The minimum Gasteiger partial charge on any atom is -0.393 e. The minimum atomic E-state index is -0.263. The highest BCUT2D eigenvalue weighted by atomic mass is 32.2. The van der Waals surface area contributed by atoms with E-state index in [1.54, 1.807) is 30.5 Å². The van der Waals surface area contributed by atoms with Crippen LogP contribution in [0.15, 0.2) is 41.8 Å². The number of imidazole rings is 1. The highest BCUT2D eigenvalue weighted by Gasteiger charge is 2.22. The Kier molecular flexibility index (Phi) is 6.52. The number of thioether (sulfide) groups is 1. The molecule has 0 unspecified atom stereocenters. The Morgan fingerprint density at radius 2 is 2.00 bits per heavy atom. The van der Waals surface area contributed by atoms with Gasteiger partial charge >= 0.3 is 0 Å². The molecule has 3 N–H and O–H groups in total. The van der Waals surface area contributed by atoms with Crippen LogP contribution in [0.5, 0.6) is 0 Å². The first-order valence-electron chi connectivity index (χ1n) is 9.01. The molecule has 27 heavy (non-hydrogen) atoms. The summed E-state index contributed by atoms with van der Waals surface area (Å²) in [7, 11) is 1.87. The fourth-order valence-electron chi connectivity index (χ4n) is 3.08. The SMILES string of the molecule is Cn1ccnc1SCC(=O)Nc1ccccc1C(=O)NC1CCC(O)CC1. The number of rotatable bonds is 6. The van der Waals surface area contributed by atoms with Crippen molar-refractivity contribution < 1.29 is 14.7 Å². The molecular weight excluding hydrogens is 364 g/mol. The Hall–Kier alpha value is -2.32. The molecule has 1 fully saturated rings. The third kappa shape index (κ3) is 5.33. The topological polar surface area (TPSA) is 96.2 Å². The predicted octanol–water partition coefficient (Wildman–Crippen LogP) is 2.18. The second-order valence-corrected chi connectivity index (χ2v) is 7.62. The molecule has 2 amide bonds. The molecule has 1 aromatic carbocycles. The van der Waals surface area contributed by atoms with Crippen molar-refractivity contribution in [3.63, 3.8) is 0 Å². The summed E-state index contributed by atoms with van der Waals surface area (Å²) in [5.41, 5.74) is 0.940. The molecule has 0 bridgehead atoms. The summed E-state index contributed by atoms with van der Waals surface area (Å²) in [6.45, 7) is 0. The summed E-state index contributed by atoms with van der Waals surface area (Å²) in [5, 5.41) is 16.2. The lowest BCUT2D eigenvalue weighted by Gasteiger charge is -2.26. The third-order valence-corrected chi connectivity index (χ3v) is 5.65. The molecule has 7 nitrogen and oxygen atoms in total. The molecule has 0 spiro atoms. The van der Waals surface area contributed by atoms with Gasteiger partial charge in [-0.3, -0.25) is 9.59 Å². The Morgan fingerprint density at radius 3 is 2.70 bits per heavy atom. The van der Waals surface area contributed by atoms with Crippen LogP contribution in [-0.2, 0) is 11.8 Å². The van der Waals surface area contributed by atoms with Crippen LogP contribution < -0.4 is 10.6 Å². The normalized spacial score (nSPS) is 19.5. The highest BCUT2D eigenvalue weighted by Crippen LogP contribution is 2.21. The lowest BCUT2D eigenvalue weighted by molar-refractivity contribution is -0.113. The largest absolute Gasteiger partial charge is 0.393 e. The molecule has 3 rings (SSSR count). The summed E-state index contributed by atoms with van der Waals surface area (Å²) in [4.78, 5) is 29.1. The van der Waals surface area contributed by atoms with E-state index in [2.05, 4.69) is 15.6 Å². The number of carbonyl (C=O) groups excluding carboxylic acids is 2. The molecule has 144 valence electrons. The van der Waals surface area contributed by atoms with Crippen molar-refractivity contribution in [2.75, 3.05) is 11.1 Å². The standard InChI is InChI=1S/C19H24N4O3S/c1-23-11-10-20-19(23)27-12-17(25)22-16-5-3-2-4-15(16)18(26)21-13-6-8-14(24)9-7-13/h2-5,10-11,13-14,24H,6-9,12H2,1H3,(H,21,26)(H,22,25). The molecule has 0 aliphatic heterocycles. The summed E-state index contributed by atoms with van der Waals surface area (Å²) in [6, 6.07) is 7.05. The van der Waals surface area contributed by atoms with Gasteiger partial charge in [0.15, 0.2) is 5.16 Å². The van der Waals surface area contributed by atoms with Crippen molar-refractivity contribution in [3.05, 3.63) is 42.2 Å². The predicted molar refractivity (Wildman–Crippen MR) is 105 cm³/mol. The van der Waals surface area contributed by atoms with Crippen LogP contribution in [0.4, 0.5) is 5.69 Å². The van der Waals surface area contributed by atoms with Crippen molar-refractivity contribution in [2.24, 2.45) is 7.05 Å². The van der Waals surface area contributed by atoms with Gasteiger partial charge in [0.2, 0.25) is 5.91 Å². The smallest absolute Gasteiger partial charge is 0.253 e. The van der Waals surface area contributed by atoms with Crippen molar-refractivity contribution in [2.45, 2.75) is 43.0 Å². The zero-order valence-corrected chi connectivity index (χ0v) is 16.0. The first-order chi connectivity index (χ1) is 13.0. The number of para-hydroxylation sites is 1. The number of benzene rings is 1. The average molecular weight is 388 g/mol. The van der Waals surface area contributed by atoms with Gasteiger partial charge in [0, 0.05) is 25.5 Å². The number of hydrogen-bond donors (Lipinski definition) is 3. The number of amides is 2. The van der Waals surface area contributed by atoms with Crippen LogP contribution in [0.2, 0.25) is 0 Å². The maximum absolute atomic E-state index is 12.6. The molecule has 2 aromatic rings. The number of aliphatic hydroxyl groups is 1. The van der Waals surface area contributed by atoms with Crippen LogP contribution in [0, 0.1) is 0 Å². The Morgan fingerprint density at radius 1 is 1.26 bits per heavy atom. The van der Waals surface area contributed by atoms with E-state index in [0.29, 0.717) is 24.1 Å². The molecule has 0 atom stereocenters. The van der Waals surface area contributed by atoms with E-state index in [1.807, 2.05) is 17.8 Å². The zero-order valence-electron chi connectivity index (χ0n) is 15.2. The van der Waals surface area contributed by atoms with E-state index in [1.165, 1.54) is 11.8 Å². The monoisotopic (exact) mass is 388 g/mol. The number of hydrogen-bond acceptors (Lipinski definition) is 5. The van der Waals surface area contributed by atoms with Gasteiger partial charge in [0.1, 0.15) is 0 Å². The quantitative estimate of drug-likeness (QED) is 0.659. The van der Waals surface area contributed by atoms with E-state index in [-0.39, 0.29) is 29.7 Å². The highest BCUT2D eigenvalue weighted by molar-refractivity contribution is 7.99. The molecule has 0 radical (unpaired) electrons. The van der Waals surface area contributed by atoms with Crippen LogP contribution in [0.3, 0.4) is 0 Å². The van der Waals surface area contributed by atoms with Crippen LogP contribution in [0.1, 0.15) is 36.0 Å². The molecular formula is C19H24N4O3S. The summed E-state index contributed by atoms with van der Waals surface area (Å²) in [5.74, 6) is -0.186. The fourth-order valence-corrected chi connectivity index (χ4v) is 3.81. The van der Waals surface area contributed by atoms with E-state index >= 15 is 0 Å². The first kappa shape index (κ1) is 19.4. The summed E-state index contributed by atoms with van der Waals surface area (Å²) < 4.78 is 1.85. The number of anilines is 1. The second-order valence-electron chi connectivity index (χ2n) is 6.68. The maximum Gasteiger partial charge on any atom is 0.253 e. The van der Waals surface area contributed by atoms with Gasteiger partial charge in [-0.25, -0.2) is 4.98 Å². The van der Waals surface area contributed by atoms with Crippen molar-refractivity contribution in [3.8, 4) is 0 Å². The average Bonchev–Trinajstić information content (AvgIpc) is 3.07. The molecule has 1 saturated carbocycles. The van der Waals surface area contributed by atoms with Gasteiger partial charge < -0.3 is 20.3 Å². The van der Waals surface area contributed by atoms with Gasteiger partial charge in [-0.15, -0.1) is 0 Å². The number of aromatic nitrogens is 2. The molecule has 1 aromatic heterocycles. The Bertz CT molecular complexity index is 800. The Balaban J connectivity index is 1.58. The molecule has 1 aliphatic rings. The van der Waals surface area contributed by atoms with E-state index < -0.39 is 0 Å². The lowest BCUT2D eigenvalue weighted by atomic mass is 9.93. The van der Waals surface area contributed by atoms with Gasteiger partial charge in [-0.1, -0.05) is 23.9 Å². The molecule has 1 aliphatic carbocycles. The van der Waals surface area contributed by atoms with Gasteiger partial charge in [-0.2, -0.15) is 0 Å².